The van der Waals surface area contributed by atoms with Gasteiger partial charge in [-0.2, -0.15) is 4.98 Å². The van der Waals surface area contributed by atoms with Gasteiger partial charge in [-0.25, -0.2) is 10.8 Å². The molecule has 3 N–H and O–H groups in total. The monoisotopic (exact) mass is 245 g/mol. The number of fused-ring (bicyclic) bond motifs is 1. The summed E-state index contributed by atoms with van der Waals surface area (Å²) in [5.74, 6) is 6.83. The number of hydrogen-bond acceptors (Lipinski definition) is 5. The predicted molar refractivity (Wildman–Crippen MR) is 75.5 cm³/mol. The van der Waals surface area contributed by atoms with Gasteiger partial charge < -0.3 is 4.90 Å². The van der Waals surface area contributed by atoms with E-state index in [1.807, 2.05) is 24.3 Å². The van der Waals surface area contributed by atoms with Crippen LogP contribution in [0.2, 0.25) is 0 Å². The van der Waals surface area contributed by atoms with Gasteiger partial charge in [-0.15, -0.1) is 0 Å². The van der Waals surface area contributed by atoms with Crippen LogP contribution in [0.5, 0.6) is 0 Å². The maximum Gasteiger partial charge on any atom is 0.239 e. The van der Waals surface area contributed by atoms with Gasteiger partial charge in [-0.1, -0.05) is 19.1 Å². The number of rotatable bonds is 5. The fraction of sp³-hybridized carbons (Fsp3) is 0.385. The lowest BCUT2D eigenvalue weighted by molar-refractivity contribution is 0.781. The minimum atomic E-state index is 0.457. The van der Waals surface area contributed by atoms with Crippen LogP contribution < -0.4 is 16.2 Å². The van der Waals surface area contributed by atoms with E-state index in [2.05, 4.69) is 34.1 Å². The maximum atomic E-state index is 5.43. The SMILES string of the molecule is CCCN(CC)c1nc(NN)nc2ccccc12. The van der Waals surface area contributed by atoms with E-state index in [9.17, 15) is 0 Å². The molecule has 0 saturated carbocycles. The molecule has 1 aromatic carbocycles. The molecule has 0 atom stereocenters. The second-order valence-electron chi connectivity index (χ2n) is 4.11. The number of hydrogen-bond donors (Lipinski definition) is 2. The van der Waals surface area contributed by atoms with Crippen LogP contribution in [0.25, 0.3) is 10.9 Å². The van der Waals surface area contributed by atoms with Crippen LogP contribution >= 0.6 is 0 Å². The molecule has 0 bridgehead atoms. The molecule has 0 aliphatic carbocycles. The normalized spacial score (nSPS) is 10.6. The Kier molecular flexibility index (Phi) is 3.94. The highest BCUT2D eigenvalue weighted by Crippen LogP contribution is 2.24. The van der Waals surface area contributed by atoms with Crippen molar-refractivity contribution in [3.05, 3.63) is 24.3 Å². The van der Waals surface area contributed by atoms with Crippen LogP contribution in [0.1, 0.15) is 20.3 Å². The van der Waals surface area contributed by atoms with E-state index < -0.39 is 0 Å². The Balaban J connectivity index is 2.58. The lowest BCUT2D eigenvalue weighted by Crippen LogP contribution is -2.25. The van der Waals surface area contributed by atoms with E-state index in [0.29, 0.717) is 5.95 Å². The van der Waals surface area contributed by atoms with Crippen LogP contribution in [0.3, 0.4) is 0 Å². The van der Waals surface area contributed by atoms with Gasteiger partial charge in [0, 0.05) is 18.5 Å². The Hall–Kier alpha value is -1.88. The third kappa shape index (κ3) is 2.36. The van der Waals surface area contributed by atoms with Crippen molar-refractivity contribution < 1.29 is 0 Å². The predicted octanol–water partition coefficient (Wildman–Crippen LogP) is 2.15. The molecule has 5 nitrogen and oxygen atoms in total. The standard InChI is InChI=1S/C13H19N5/c1-3-9-18(4-2)12-10-7-5-6-8-11(10)15-13(16-12)17-14/h5-8H,3-4,9,14H2,1-2H3,(H,15,16,17). The third-order valence-electron chi connectivity index (χ3n) is 2.89. The number of para-hydroxylation sites is 1. The number of nitrogens with two attached hydrogens (primary N) is 1. The molecular weight excluding hydrogens is 226 g/mol. The Morgan fingerprint density at radius 2 is 2.00 bits per heavy atom. The zero-order valence-electron chi connectivity index (χ0n) is 10.8. The van der Waals surface area contributed by atoms with Crippen molar-refractivity contribution in [2.24, 2.45) is 5.84 Å². The van der Waals surface area contributed by atoms with Crippen molar-refractivity contribution in [2.45, 2.75) is 20.3 Å². The maximum absolute atomic E-state index is 5.43. The molecule has 0 spiro atoms. The topological polar surface area (TPSA) is 67.1 Å². The van der Waals surface area contributed by atoms with Crippen molar-refractivity contribution in [1.82, 2.24) is 9.97 Å². The number of nitrogens with one attached hydrogen (secondary N) is 1. The summed E-state index contributed by atoms with van der Waals surface area (Å²) in [5, 5.41) is 1.06. The van der Waals surface area contributed by atoms with Crippen molar-refractivity contribution in [1.29, 1.82) is 0 Å². The molecule has 1 aromatic heterocycles. The summed E-state index contributed by atoms with van der Waals surface area (Å²) >= 11 is 0. The molecule has 0 radical (unpaired) electrons. The van der Waals surface area contributed by atoms with Gasteiger partial charge in [-0.05, 0) is 25.5 Å². The highest BCUT2D eigenvalue weighted by atomic mass is 15.3. The minimum absolute atomic E-state index is 0.457. The lowest BCUT2D eigenvalue weighted by Gasteiger charge is -2.23. The smallest absolute Gasteiger partial charge is 0.239 e. The summed E-state index contributed by atoms with van der Waals surface area (Å²) < 4.78 is 0. The van der Waals surface area contributed by atoms with Crippen LogP contribution in [-0.4, -0.2) is 23.1 Å². The Labute approximate surface area is 107 Å². The molecule has 1 heterocycles. The van der Waals surface area contributed by atoms with Gasteiger partial charge in [0.1, 0.15) is 5.82 Å². The molecule has 0 saturated heterocycles. The molecule has 0 unspecified atom stereocenters. The average molecular weight is 245 g/mol. The summed E-state index contributed by atoms with van der Waals surface area (Å²) in [5.41, 5.74) is 3.44. The van der Waals surface area contributed by atoms with E-state index in [1.54, 1.807) is 0 Å². The van der Waals surface area contributed by atoms with Gasteiger partial charge >= 0.3 is 0 Å². The first kappa shape index (κ1) is 12.6. The fourth-order valence-electron chi connectivity index (χ4n) is 2.05. The lowest BCUT2D eigenvalue weighted by atomic mass is 10.2. The number of nitrogens with zero attached hydrogens (tertiary/aromatic N) is 3. The number of anilines is 2. The molecule has 2 aromatic rings. The number of benzene rings is 1. The largest absolute Gasteiger partial charge is 0.356 e. The first-order valence-corrected chi connectivity index (χ1v) is 6.28. The fourth-order valence-corrected chi connectivity index (χ4v) is 2.05. The van der Waals surface area contributed by atoms with E-state index in [-0.39, 0.29) is 0 Å². The van der Waals surface area contributed by atoms with E-state index >= 15 is 0 Å². The molecule has 18 heavy (non-hydrogen) atoms. The molecule has 2 rings (SSSR count). The summed E-state index contributed by atoms with van der Waals surface area (Å²) in [6.07, 6.45) is 1.08. The Morgan fingerprint density at radius 3 is 2.67 bits per heavy atom. The van der Waals surface area contributed by atoms with Gasteiger partial charge in [0.15, 0.2) is 0 Å². The summed E-state index contributed by atoms with van der Waals surface area (Å²) in [6, 6.07) is 7.99. The van der Waals surface area contributed by atoms with Crippen LogP contribution in [0, 0.1) is 0 Å². The summed E-state index contributed by atoms with van der Waals surface area (Å²) in [4.78, 5) is 11.1. The third-order valence-corrected chi connectivity index (χ3v) is 2.89. The van der Waals surface area contributed by atoms with Crippen LogP contribution in [0.15, 0.2) is 24.3 Å². The second kappa shape index (κ2) is 5.64. The van der Waals surface area contributed by atoms with Gasteiger partial charge in [-0.3, -0.25) is 5.43 Å². The van der Waals surface area contributed by atoms with Crippen LogP contribution in [-0.2, 0) is 0 Å². The average Bonchev–Trinajstić information content (AvgIpc) is 2.43. The molecule has 0 amide bonds. The Bertz CT molecular complexity index is 526. The van der Waals surface area contributed by atoms with Crippen LogP contribution in [0.4, 0.5) is 11.8 Å². The van der Waals surface area contributed by atoms with Crippen molar-refractivity contribution in [2.75, 3.05) is 23.4 Å². The number of nitrogen functional groups attached to an aromatic ring is 1. The molecule has 0 aliphatic rings. The molecule has 96 valence electrons. The van der Waals surface area contributed by atoms with Crippen molar-refractivity contribution in [3.63, 3.8) is 0 Å². The van der Waals surface area contributed by atoms with Gasteiger partial charge in [0.25, 0.3) is 0 Å². The van der Waals surface area contributed by atoms with E-state index in [0.717, 1.165) is 36.2 Å². The molecule has 0 aliphatic heterocycles. The molecule has 0 fully saturated rings. The summed E-state index contributed by atoms with van der Waals surface area (Å²) in [6.45, 7) is 6.18. The Morgan fingerprint density at radius 1 is 1.22 bits per heavy atom. The number of aromatic nitrogens is 2. The van der Waals surface area contributed by atoms with E-state index in [4.69, 9.17) is 5.84 Å². The van der Waals surface area contributed by atoms with E-state index in [1.165, 1.54) is 0 Å². The quantitative estimate of drug-likeness (QED) is 0.624. The zero-order chi connectivity index (χ0) is 13.0. The van der Waals surface area contributed by atoms with Gasteiger partial charge in [0.05, 0.1) is 5.52 Å². The van der Waals surface area contributed by atoms with Crippen molar-refractivity contribution in [3.8, 4) is 0 Å². The molecular formula is C13H19N5. The number of hydrazine groups is 1. The highest BCUT2D eigenvalue weighted by Gasteiger charge is 2.12. The van der Waals surface area contributed by atoms with Gasteiger partial charge in [0.2, 0.25) is 5.95 Å². The first-order valence-electron chi connectivity index (χ1n) is 6.28. The van der Waals surface area contributed by atoms with Crippen molar-refractivity contribution >= 4 is 22.7 Å². The first-order chi connectivity index (χ1) is 8.80. The highest BCUT2D eigenvalue weighted by molar-refractivity contribution is 5.90. The zero-order valence-corrected chi connectivity index (χ0v) is 10.8. The molecule has 5 heteroatoms. The minimum Gasteiger partial charge on any atom is -0.356 e. The summed E-state index contributed by atoms with van der Waals surface area (Å²) in [7, 11) is 0. The second-order valence-corrected chi connectivity index (χ2v) is 4.11.